The highest BCUT2D eigenvalue weighted by molar-refractivity contribution is 7.16. The molecule has 2 aliphatic heterocycles. The molecule has 136 valence electrons. The first-order valence-electron chi connectivity index (χ1n) is 8.39. The van der Waals surface area contributed by atoms with Crippen molar-refractivity contribution in [3.63, 3.8) is 0 Å². The van der Waals surface area contributed by atoms with E-state index in [9.17, 15) is 20.0 Å². The van der Waals surface area contributed by atoms with Crippen LogP contribution < -0.4 is 10.6 Å². The molecule has 0 bridgehead atoms. The van der Waals surface area contributed by atoms with Crippen molar-refractivity contribution in [1.82, 2.24) is 10.2 Å². The number of fused-ring (bicyclic) bond motifs is 3. The maximum Gasteiger partial charge on any atom is 0.276 e. The van der Waals surface area contributed by atoms with Crippen LogP contribution in [-0.2, 0) is 13.0 Å². The van der Waals surface area contributed by atoms with Crippen LogP contribution in [0.3, 0.4) is 0 Å². The molecule has 0 spiro atoms. The van der Waals surface area contributed by atoms with Crippen LogP contribution in [0.15, 0.2) is 18.2 Å². The fraction of sp³-hybridized carbons (Fsp3) is 0.353. The molecule has 26 heavy (non-hydrogen) atoms. The average Bonchev–Trinajstić information content (AvgIpc) is 2.99. The summed E-state index contributed by atoms with van der Waals surface area (Å²) in [5, 5.41) is 27.8. The van der Waals surface area contributed by atoms with Crippen molar-refractivity contribution in [2.75, 3.05) is 18.4 Å². The van der Waals surface area contributed by atoms with Gasteiger partial charge in [-0.1, -0.05) is 6.92 Å². The Labute approximate surface area is 153 Å². The maximum absolute atomic E-state index is 12.7. The minimum absolute atomic E-state index is 0.0866. The first-order valence-corrected chi connectivity index (χ1v) is 9.21. The van der Waals surface area contributed by atoms with E-state index in [0.717, 1.165) is 41.5 Å². The number of nitro groups is 1. The standard InChI is InChI=1S/C17H18N4O4S/c1-2-20-6-5-10-13(8-20)26-17-14(10)16(23)18-15(19-17)11-7-9(22)3-4-12(11)21(24)25/h3-4,7,15,19,22H,2,5-6,8H2,1H3,(H,18,23). The van der Waals surface area contributed by atoms with Gasteiger partial charge in [0, 0.05) is 24.0 Å². The average molecular weight is 374 g/mol. The number of phenols is 1. The van der Waals surface area contributed by atoms with Crippen LogP contribution in [0.5, 0.6) is 5.75 Å². The smallest absolute Gasteiger partial charge is 0.276 e. The lowest BCUT2D eigenvalue weighted by molar-refractivity contribution is -0.385. The molecular formula is C17H18N4O4S. The third-order valence-electron chi connectivity index (χ3n) is 4.88. The molecule has 3 heterocycles. The number of hydrogen-bond acceptors (Lipinski definition) is 7. The number of hydrogen-bond donors (Lipinski definition) is 3. The Morgan fingerprint density at radius 2 is 2.23 bits per heavy atom. The number of carbonyl (C=O) groups excluding carboxylic acids is 1. The summed E-state index contributed by atoms with van der Waals surface area (Å²) in [4.78, 5) is 27.0. The monoisotopic (exact) mass is 374 g/mol. The van der Waals surface area contributed by atoms with Gasteiger partial charge in [0.05, 0.1) is 16.1 Å². The molecule has 0 fully saturated rings. The Bertz CT molecular complexity index is 910. The van der Waals surface area contributed by atoms with E-state index in [1.807, 2.05) is 0 Å². The molecule has 2 aromatic rings. The van der Waals surface area contributed by atoms with Crippen LogP contribution in [0.1, 0.15) is 39.5 Å². The minimum atomic E-state index is -0.759. The largest absolute Gasteiger partial charge is 0.508 e. The van der Waals surface area contributed by atoms with Gasteiger partial charge < -0.3 is 15.7 Å². The molecule has 0 saturated heterocycles. The summed E-state index contributed by atoms with van der Waals surface area (Å²) in [7, 11) is 0. The number of rotatable bonds is 3. The molecule has 0 saturated carbocycles. The molecule has 0 radical (unpaired) electrons. The second-order valence-corrected chi connectivity index (χ2v) is 7.48. The molecule has 1 unspecified atom stereocenters. The van der Waals surface area contributed by atoms with E-state index in [1.54, 1.807) is 0 Å². The third-order valence-corrected chi connectivity index (χ3v) is 6.03. The Morgan fingerprint density at radius 3 is 2.96 bits per heavy atom. The number of amides is 1. The number of likely N-dealkylation sites (N-methyl/N-ethyl adjacent to an activating group) is 1. The van der Waals surface area contributed by atoms with E-state index in [0.29, 0.717) is 5.56 Å². The number of thiophene rings is 1. The topological polar surface area (TPSA) is 108 Å². The van der Waals surface area contributed by atoms with Gasteiger partial charge in [0.25, 0.3) is 11.6 Å². The number of nitrogens with one attached hydrogen (secondary N) is 2. The zero-order chi connectivity index (χ0) is 18.4. The zero-order valence-electron chi connectivity index (χ0n) is 14.1. The molecule has 8 nitrogen and oxygen atoms in total. The van der Waals surface area contributed by atoms with Crippen molar-refractivity contribution in [2.45, 2.75) is 26.1 Å². The van der Waals surface area contributed by atoms with Gasteiger partial charge in [-0.2, -0.15) is 0 Å². The molecular weight excluding hydrogens is 356 g/mol. The minimum Gasteiger partial charge on any atom is -0.508 e. The van der Waals surface area contributed by atoms with E-state index in [4.69, 9.17) is 0 Å². The lowest BCUT2D eigenvalue weighted by Crippen LogP contribution is -2.39. The molecule has 1 aromatic carbocycles. The first kappa shape index (κ1) is 16.8. The highest BCUT2D eigenvalue weighted by atomic mass is 32.1. The normalized spacial score (nSPS) is 19.3. The van der Waals surface area contributed by atoms with Crippen LogP contribution in [0.25, 0.3) is 0 Å². The summed E-state index contributed by atoms with van der Waals surface area (Å²) >= 11 is 1.53. The van der Waals surface area contributed by atoms with E-state index in [1.165, 1.54) is 29.5 Å². The summed E-state index contributed by atoms with van der Waals surface area (Å²) in [6, 6.07) is 3.82. The second kappa shape index (κ2) is 6.26. The Kier molecular flexibility index (Phi) is 4.04. The zero-order valence-corrected chi connectivity index (χ0v) is 14.9. The highest BCUT2D eigenvalue weighted by Crippen LogP contribution is 2.42. The SMILES string of the molecule is CCN1CCc2c(sc3c2C(=O)NC(c2cc(O)ccc2[N+](=O)[O-])N3)C1. The quantitative estimate of drug-likeness (QED) is 0.563. The number of phenolic OH excluding ortho intramolecular Hbond substituents is 1. The van der Waals surface area contributed by atoms with Crippen LogP contribution in [0.4, 0.5) is 10.7 Å². The van der Waals surface area contributed by atoms with Crippen molar-refractivity contribution in [3.05, 3.63) is 49.9 Å². The van der Waals surface area contributed by atoms with Crippen molar-refractivity contribution < 1.29 is 14.8 Å². The number of carbonyl (C=O) groups is 1. The maximum atomic E-state index is 12.7. The van der Waals surface area contributed by atoms with Gasteiger partial charge in [0.2, 0.25) is 0 Å². The molecule has 3 N–H and O–H groups in total. The highest BCUT2D eigenvalue weighted by Gasteiger charge is 2.35. The lowest BCUT2D eigenvalue weighted by Gasteiger charge is -2.28. The fourth-order valence-corrected chi connectivity index (χ4v) is 4.85. The molecule has 0 aliphatic carbocycles. The van der Waals surface area contributed by atoms with E-state index in [2.05, 4.69) is 22.5 Å². The molecule has 4 rings (SSSR count). The van der Waals surface area contributed by atoms with E-state index in [-0.39, 0.29) is 22.9 Å². The number of nitro benzene ring substituents is 1. The summed E-state index contributed by atoms with van der Waals surface area (Å²) in [5.41, 5.74) is 1.81. The molecule has 2 aliphatic rings. The summed E-state index contributed by atoms with van der Waals surface area (Å²) in [5.74, 6) is -0.319. The third kappa shape index (κ3) is 2.69. The fourth-order valence-electron chi connectivity index (χ4n) is 3.53. The van der Waals surface area contributed by atoms with Gasteiger partial charge in [0.15, 0.2) is 0 Å². The lowest BCUT2D eigenvalue weighted by atomic mass is 10.00. The van der Waals surface area contributed by atoms with Gasteiger partial charge in [-0.25, -0.2) is 0 Å². The predicted molar refractivity (Wildman–Crippen MR) is 97.6 cm³/mol. The first-order chi connectivity index (χ1) is 12.5. The number of aromatic hydroxyl groups is 1. The van der Waals surface area contributed by atoms with Gasteiger partial charge >= 0.3 is 0 Å². The van der Waals surface area contributed by atoms with E-state index >= 15 is 0 Å². The van der Waals surface area contributed by atoms with Gasteiger partial charge in [-0.05, 0) is 30.7 Å². The summed E-state index contributed by atoms with van der Waals surface area (Å²) in [6.07, 6.45) is 0.0611. The van der Waals surface area contributed by atoms with E-state index < -0.39 is 11.1 Å². The summed E-state index contributed by atoms with van der Waals surface area (Å²) in [6.45, 7) is 4.80. The number of nitrogens with zero attached hydrogens (tertiary/aromatic N) is 2. The Morgan fingerprint density at radius 1 is 1.42 bits per heavy atom. The van der Waals surface area contributed by atoms with Crippen molar-refractivity contribution in [1.29, 1.82) is 0 Å². The number of benzene rings is 1. The van der Waals surface area contributed by atoms with Gasteiger partial charge in [-0.15, -0.1) is 11.3 Å². The van der Waals surface area contributed by atoms with Crippen molar-refractivity contribution >= 4 is 27.9 Å². The Balaban J connectivity index is 1.72. The molecule has 1 aromatic heterocycles. The van der Waals surface area contributed by atoms with Crippen LogP contribution in [0, 0.1) is 10.1 Å². The predicted octanol–water partition coefficient (Wildman–Crippen LogP) is 2.59. The summed E-state index contributed by atoms with van der Waals surface area (Å²) < 4.78 is 0. The van der Waals surface area contributed by atoms with Gasteiger partial charge in [-0.3, -0.25) is 19.8 Å². The second-order valence-electron chi connectivity index (χ2n) is 6.38. The van der Waals surface area contributed by atoms with Crippen LogP contribution in [-0.4, -0.2) is 33.9 Å². The van der Waals surface area contributed by atoms with Crippen molar-refractivity contribution in [2.24, 2.45) is 0 Å². The number of anilines is 1. The van der Waals surface area contributed by atoms with Crippen LogP contribution in [0.2, 0.25) is 0 Å². The molecule has 9 heteroatoms. The molecule has 1 atom stereocenters. The molecule has 1 amide bonds. The van der Waals surface area contributed by atoms with Crippen LogP contribution >= 0.6 is 11.3 Å². The van der Waals surface area contributed by atoms with Crippen molar-refractivity contribution in [3.8, 4) is 5.75 Å². The Hall–Kier alpha value is -2.65. The van der Waals surface area contributed by atoms with Gasteiger partial charge in [0.1, 0.15) is 16.9 Å².